The Morgan fingerprint density at radius 2 is 1.00 bits per heavy atom. The first-order chi connectivity index (χ1) is 1.00. The Bertz CT molecular complexity index is 17.7. The van der Waals surface area contributed by atoms with E-state index >= 15 is 0 Å². The molecule has 0 aliphatic heterocycles. The minimum atomic E-state index is 0. The molecular formula is H3AlCoLi2MnNiO. The summed E-state index contributed by atoms with van der Waals surface area (Å²) < 4.78 is 8.28. The van der Waals surface area contributed by atoms with Crippen LogP contribution in [0.3, 0.4) is 0 Å². The van der Waals surface area contributed by atoms with Gasteiger partial charge in [-0.15, -0.1) is 0 Å². The van der Waals surface area contributed by atoms with Crippen molar-refractivity contribution in [3.05, 3.63) is 0 Å². The first-order valence-electron chi connectivity index (χ1n) is 0.289. The molecule has 1 nitrogen and oxygen atoms in total. The summed E-state index contributed by atoms with van der Waals surface area (Å²) in [5.74, 6) is 0. The maximum absolute atomic E-state index is 8.28. The van der Waals surface area contributed by atoms with Crippen LogP contribution in [-0.4, -0.2) is 53.9 Å². The molecular weight excluding hydrogens is 229 g/mol. The van der Waals surface area contributed by atoms with Gasteiger partial charge in [0.15, 0.2) is 0 Å². The Balaban J connectivity index is -0.000000000500. The van der Waals surface area contributed by atoms with Gasteiger partial charge in [0.1, 0.15) is 0 Å². The third kappa shape index (κ3) is 48.4. The Morgan fingerprint density at radius 1 is 1.00 bits per heavy atom. The van der Waals surface area contributed by atoms with Gasteiger partial charge in [0.05, 0.1) is 0 Å². The molecule has 40 valence electrons. The van der Waals surface area contributed by atoms with Crippen molar-refractivity contribution < 1.29 is 54.1 Å². The quantitative estimate of drug-likeness (QED) is 0.439. The van der Waals surface area contributed by atoms with Crippen molar-refractivity contribution in [3.63, 3.8) is 0 Å². The minimum absolute atomic E-state index is 0. The van der Waals surface area contributed by atoms with E-state index in [9.17, 15) is 0 Å². The average Bonchev–Trinajstić information content (AvgIpc) is 1.00. The fraction of sp³-hybridized carbons (Fsp3) is 0. The molecule has 0 heterocycles. The van der Waals surface area contributed by atoms with Crippen molar-refractivity contribution in [2.24, 2.45) is 0 Å². The predicted molar refractivity (Wildman–Crippen MR) is 22.1 cm³/mol. The Kier molecular flexibility index (Phi) is 453. The second-order valence-corrected chi connectivity index (χ2v) is 0. The van der Waals surface area contributed by atoms with Crippen LogP contribution < -0.4 is 0 Å². The van der Waals surface area contributed by atoms with Gasteiger partial charge >= 0.3 is 57.7 Å². The van der Waals surface area contributed by atoms with Crippen molar-refractivity contribution >= 4 is 53.9 Å². The van der Waals surface area contributed by atoms with Crippen molar-refractivity contribution in [3.8, 4) is 0 Å². The van der Waals surface area contributed by atoms with Gasteiger partial charge in [-0.05, 0) is 0 Å². The summed E-state index contributed by atoms with van der Waals surface area (Å²) in [7, 11) is 0. The van der Waals surface area contributed by atoms with E-state index in [4.69, 9.17) is 3.80 Å². The normalized spacial score (nSPS) is 0.429. The van der Waals surface area contributed by atoms with Crippen LogP contribution in [0.1, 0.15) is 0 Å². The molecule has 0 unspecified atom stereocenters. The van der Waals surface area contributed by atoms with Crippen LogP contribution in [0, 0.1) is 0 Å². The van der Waals surface area contributed by atoms with Gasteiger partial charge in [0, 0.05) is 50.3 Å². The number of hydrogen-bond acceptors (Lipinski definition) is 1. The van der Waals surface area contributed by atoms with Crippen LogP contribution in [0.5, 0.6) is 0 Å². The molecule has 0 saturated heterocycles. The van der Waals surface area contributed by atoms with E-state index in [1.54, 1.807) is 0 Å². The van der Waals surface area contributed by atoms with Crippen LogP contribution in [0.15, 0.2) is 0 Å². The van der Waals surface area contributed by atoms with Crippen molar-refractivity contribution in [2.75, 3.05) is 0 Å². The molecule has 0 aromatic rings. The third-order valence-corrected chi connectivity index (χ3v) is 0. The maximum atomic E-state index is 8.28. The van der Waals surface area contributed by atoms with Crippen LogP contribution >= 0.6 is 0 Å². The summed E-state index contributed by atoms with van der Waals surface area (Å²) in [6.45, 7) is 0. The molecule has 0 fully saturated rings. The van der Waals surface area contributed by atoms with Gasteiger partial charge in [-0.25, -0.2) is 0 Å². The van der Waals surface area contributed by atoms with Crippen LogP contribution in [0.2, 0.25) is 0 Å². The third-order valence-electron chi connectivity index (χ3n) is 0. The van der Waals surface area contributed by atoms with Crippen LogP contribution in [-0.2, 0) is 54.1 Å². The molecule has 7 heteroatoms. The van der Waals surface area contributed by atoms with Gasteiger partial charge in [-0.2, -0.15) is 0 Å². The molecule has 0 amide bonds. The molecule has 0 bridgehead atoms. The first kappa shape index (κ1) is 50.2. The molecule has 0 aliphatic carbocycles. The molecule has 0 saturated carbocycles. The van der Waals surface area contributed by atoms with E-state index in [0.29, 0.717) is 16.2 Å². The van der Waals surface area contributed by atoms with E-state index in [-0.39, 0.29) is 88.1 Å². The first-order valence-corrected chi connectivity index (χ1v) is 0.866. The van der Waals surface area contributed by atoms with Gasteiger partial charge < -0.3 is 0 Å². The summed E-state index contributed by atoms with van der Waals surface area (Å²) in [6, 6.07) is 0. The van der Waals surface area contributed by atoms with Crippen molar-refractivity contribution in [1.29, 1.82) is 0 Å². The molecule has 0 aromatic heterocycles. The van der Waals surface area contributed by atoms with E-state index in [0.717, 1.165) is 0 Å². The average molecular weight is 232 g/mol. The van der Waals surface area contributed by atoms with E-state index in [1.807, 2.05) is 0 Å². The second kappa shape index (κ2) is 63.1. The van der Waals surface area contributed by atoms with Crippen LogP contribution in [0.25, 0.3) is 0 Å². The topological polar surface area (TPSA) is 17.1 Å². The Labute approximate surface area is 106 Å². The Hall–Kier alpha value is 3.05. The second-order valence-electron chi connectivity index (χ2n) is 0. The summed E-state index contributed by atoms with van der Waals surface area (Å²) >= 11 is 0.611. The van der Waals surface area contributed by atoms with Crippen molar-refractivity contribution in [2.45, 2.75) is 0 Å². The monoisotopic (exact) mass is 232 g/mol. The zero-order valence-corrected chi connectivity index (χ0v) is 6.77. The van der Waals surface area contributed by atoms with Gasteiger partial charge in [-0.3, -0.25) is 0 Å². The summed E-state index contributed by atoms with van der Waals surface area (Å²) in [5.41, 5.74) is 0. The zero-order chi connectivity index (χ0) is 2.00. The fourth-order valence-corrected chi connectivity index (χ4v) is 0. The van der Waals surface area contributed by atoms with Gasteiger partial charge in [0.2, 0.25) is 0 Å². The standard InChI is InChI=1S/Al.Co.2Li.Mn.Ni.O.3H. The number of rotatable bonds is 0. The van der Waals surface area contributed by atoms with E-state index < -0.39 is 0 Å². The van der Waals surface area contributed by atoms with Crippen molar-refractivity contribution in [1.82, 2.24) is 0 Å². The zero-order valence-electron chi connectivity index (χ0n) is 2.14. The molecule has 2 radical (unpaired) electrons. The fourth-order valence-electron chi connectivity index (χ4n) is 0. The number of hydrogen-bond donors (Lipinski definition) is 0. The van der Waals surface area contributed by atoms with E-state index in [1.165, 1.54) is 0 Å². The van der Waals surface area contributed by atoms with Crippen LogP contribution in [0.4, 0.5) is 0 Å². The van der Waals surface area contributed by atoms with E-state index in [2.05, 4.69) is 0 Å². The summed E-state index contributed by atoms with van der Waals surface area (Å²) in [4.78, 5) is 0. The van der Waals surface area contributed by atoms with Gasteiger partial charge in [0.25, 0.3) is 0 Å². The molecule has 7 heavy (non-hydrogen) atoms. The SMILES string of the molecule is [Co].[LiH].[LiH].[Mn].[Ni].[O]=[AlH]. The summed E-state index contributed by atoms with van der Waals surface area (Å²) in [6.07, 6.45) is 0. The predicted octanol–water partition coefficient (Wildman–Crippen LogP) is -2.07. The molecule has 0 aliphatic rings. The molecule has 0 spiro atoms. The Morgan fingerprint density at radius 3 is 1.00 bits per heavy atom. The molecule has 0 rings (SSSR count). The molecule has 0 N–H and O–H groups in total. The summed E-state index contributed by atoms with van der Waals surface area (Å²) in [5, 5.41) is 0. The van der Waals surface area contributed by atoms with Gasteiger partial charge in [-0.1, -0.05) is 0 Å². The molecule has 0 atom stereocenters. The molecule has 0 aromatic carbocycles.